The predicted octanol–water partition coefficient (Wildman–Crippen LogP) is 2.78. The Balaban J connectivity index is 1.97. The fourth-order valence-electron chi connectivity index (χ4n) is 1.59. The standard InChI is InChI=1S/C14H16N2O2S/c1-3-15-14(17)11-9-19-13(16-11)8-18-12-7-5-4-6-10(12)2/h4-7,9H,3,8H2,1-2H3,(H,15,17). The molecule has 0 unspecified atom stereocenters. The number of hydrogen-bond donors (Lipinski definition) is 1. The minimum absolute atomic E-state index is 0.138. The lowest BCUT2D eigenvalue weighted by Crippen LogP contribution is -2.22. The van der Waals surface area contributed by atoms with E-state index < -0.39 is 0 Å². The van der Waals surface area contributed by atoms with Crippen molar-refractivity contribution >= 4 is 17.2 Å². The Morgan fingerprint density at radius 3 is 2.95 bits per heavy atom. The van der Waals surface area contributed by atoms with E-state index in [-0.39, 0.29) is 5.91 Å². The van der Waals surface area contributed by atoms with Crippen molar-refractivity contribution in [3.05, 3.63) is 45.9 Å². The van der Waals surface area contributed by atoms with E-state index in [1.165, 1.54) is 11.3 Å². The van der Waals surface area contributed by atoms with Crippen LogP contribution in [-0.2, 0) is 6.61 Å². The average Bonchev–Trinajstić information content (AvgIpc) is 2.87. The number of carbonyl (C=O) groups excluding carboxylic acids is 1. The van der Waals surface area contributed by atoms with Crippen LogP contribution in [0.3, 0.4) is 0 Å². The van der Waals surface area contributed by atoms with Gasteiger partial charge in [0.2, 0.25) is 0 Å². The van der Waals surface area contributed by atoms with Gasteiger partial charge in [-0.05, 0) is 25.5 Å². The summed E-state index contributed by atoms with van der Waals surface area (Å²) in [5, 5.41) is 5.27. The first kappa shape index (κ1) is 13.5. The van der Waals surface area contributed by atoms with Gasteiger partial charge in [0.25, 0.3) is 5.91 Å². The summed E-state index contributed by atoms with van der Waals surface area (Å²) in [6, 6.07) is 7.83. The van der Waals surface area contributed by atoms with Gasteiger partial charge in [0.1, 0.15) is 23.1 Å². The molecule has 1 amide bonds. The number of hydrogen-bond acceptors (Lipinski definition) is 4. The summed E-state index contributed by atoms with van der Waals surface area (Å²) in [5.74, 6) is 0.707. The number of amides is 1. The highest BCUT2D eigenvalue weighted by molar-refractivity contribution is 7.09. The zero-order valence-corrected chi connectivity index (χ0v) is 11.8. The summed E-state index contributed by atoms with van der Waals surface area (Å²) in [6.45, 7) is 4.87. The van der Waals surface area contributed by atoms with E-state index in [0.717, 1.165) is 16.3 Å². The lowest BCUT2D eigenvalue weighted by Gasteiger charge is -2.06. The molecule has 0 aliphatic carbocycles. The molecule has 0 fully saturated rings. The second-order valence-electron chi connectivity index (χ2n) is 4.04. The van der Waals surface area contributed by atoms with Gasteiger partial charge >= 0.3 is 0 Å². The van der Waals surface area contributed by atoms with Crippen molar-refractivity contribution in [3.63, 3.8) is 0 Å². The van der Waals surface area contributed by atoms with Crippen LogP contribution in [0.4, 0.5) is 0 Å². The van der Waals surface area contributed by atoms with Crippen LogP contribution in [-0.4, -0.2) is 17.4 Å². The smallest absolute Gasteiger partial charge is 0.270 e. The number of thiazole rings is 1. The van der Waals surface area contributed by atoms with Crippen molar-refractivity contribution in [1.29, 1.82) is 0 Å². The third-order valence-electron chi connectivity index (χ3n) is 2.57. The number of nitrogens with one attached hydrogen (secondary N) is 1. The topological polar surface area (TPSA) is 51.2 Å². The number of aromatic nitrogens is 1. The Bertz CT molecular complexity index is 566. The van der Waals surface area contributed by atoms with E-state index in [1.807, 2.05) is 38.1 Å². The zero-order valence-electron chi connectivity index (χ0n) is 11.0. The largest absolute Gasteiger partial charge is 0.486 e. The molecule has 4 nitrogen and oxygen atoms in total. The molecule has 19 heavy (non-hydrogen) atoms. The Morgan fingerprint density at radius 1 is 1.42 bits per heavy atom. The molecule has 1 aromatic heterocycles. The van der Waals surface area contributed by atoms with E-state index in [1.54, 1.807) is 5.38 Å². The van der Waals surface area contributed by atoms with Crippen molar-refractivity contribution in [2.45, 2.75) is 20.5 Å². The number of rotatable bonds is 5. The second-order valence-corrected chi connectivity index (χ2v) is 4.98. The molecule has 1 aromatic carbocycles. The highest BCUT2D eigenvalue weighted by Gasteiger charge is 2.10. The van der Waals surface area contributed by atoms with Crippen LogP contribution in [0.2, 0.25) is 0 Å². The molecule has 0 saturated heterocycles. The lowest BCUT2D eigenvalue weighted by molar-refractivity contribution is 0.0951. The third kappa shape index (κ3) is 3.54. The number of para-hydroxylation sites is 1. The Morgan fingerprint density at radius 2 is 2.21 bits per heavy atom. The zero-order chi connectivity index (χ0) is 13.7. The minimum atomic E-state index is -0.138. The molecule has 1 N–H and O–H groups in total. The number of benzene rings is 1. The molecule has 0 radical (unpaired) electrons. The molecule has 0 saturated carbocycles. The molecule has 2 rings (SSSR count). The summed E-state index contributed by atoms with van der Waals surface area (Å²) in [5.41, 5.74) is 1.54. The Hall–Kier alpha value is -1.88. The molecule has 100 valence electrons. The summed E-state index contributed by atoms with van der Waals surface area (Å²) >= 11 is 1.43. The van der Waals surface area contributed by atoms with Crippen LogP contribution in [0.25, 0.3) is 0 Å². The van der Waals surface area contributed by atoms with Gasteiger partial charge in [-0.25, -0.2) is 4.98 Å². The van der Waals surface area contributed by atoms with Crippen molar-refractivity contribution in [2.75, 3.05) is 6.54 Å². The summed E-state index contributed by atoms with van der Waals surface area (Å²) in [4.78, 5) is 15.8. The first-order valence-corrected chi connectivity index (χ1v) is 6.99. The van der Waals surface area contributed by atoms with E-state index in [2.05, 4.69) is 10.3 Å². The number of ether oxygens (including phenoxy) is 1. The summed E-state index contributed by atoms with van der Waals surface area (Å²) in [7, 11) is 0. The van der Waals surface area contributed by atoms with Crippen molar-refractivity contribution in [2.24, 2.45) is 0 Å². The van der Waals surface area contributed by atoms with Gasteiger partial charge in [0.05, 0.1) is 0 Å². The molecule has 0 bridgehead atoms. The number of aryl methyl sites for hydroxylation is 1. The summed E-state index contributed by atoms with van der Waals surface area (Å²) in [6.07, 6.45) is 0. The van der Waals surface area contributed by atoms with Gasteiger partial charge in [-0.2, -0.15) is 0 Å². The van der Waals surface area contributed by atoms with Crippen LogP contribution in [0.5, 0.6) is 5.75 Å². The Labute approximate surface area is 116 Å². The highest BCUT2D eigenvalue weighted by Crippen LogP contribution is 2.19. The first-order valence-electron chi connectivity index (χ1n) is 6.11. The lowest BCUT2D eigenvalue weighted by atomic mass is 10.2. The minimum Gasteiger partial charge on any atom is -0.486 e. The number of nitrogens with zero attached hydrogens (tertiary/aromatic N) is 1. The van der Waals surface area contributed by atoms with E-state index in [4.69, 9.17) is 4.74 Å². The van der Waals surface area contributed by atoms with Gasteiger partial charge in [-0.1, -0.05) is 18.2 Å². The summed E-state index contributed by atoms with van der Waals surface area (Å²) < 4.78 is 5.69. The molecule has 0 aliphatic rings. The number of carbonyl (C=O) groups is 1. The fourth-order valence-corrected chi connectivity index (χ4v) is 2.28. The quantitative estimate of drug-likeness (QED) is 0.913. The molecule has 0 aliphatic heterocycles. The maximum atomic E-state index is 11.6. The maximum absolute atomic E-state index is 11.6. The molecule has 0 atom stereocenters. The van der Waals surface area contributed by atoms with Gasteiger partial charge in [0.15, 0.2) is 0 Å². The van der Waals surface area contributed by atoms with Crippen LogP contribution >= 0.6 is 11.3 Å². The van der Waals surface area contributed by atoms with Crippen molar-refractivity contribution < 1.29 is 9.53 Å². The first-order chi connectivity index (χ1) is 9.20. The van der Waals surface area contributed by atoms with Crippen LogP contribution in [0, 0.1) is 6.92 Å². The molecular weight excluding hydrogens is 260 g/mol. The van der Waals surface area contributed by atoms with Crippen molar-refractivity contribution in [3.8, 4) is 5.75 Å². The van der Waals surface area contributed by atoms with Gasteiger partial charge < -0.3 is 10.1 Å². The molecule has 1 heterocycles. The van der Waals surface area contributed by atoms with Crippen LogP contribution in [0.1, 0.15) is 28.0 Å². The molecule has 5 heteroatoms. The maximum Gasteiger partial charge on any atom is 0.270 e. The van der Waals surface area contributed by atoms with Crippen LogP contribution in [0.15, 0.2) is 29.6 Å². The van der Waals surface area contributed by atoms with Gasteiger partial charge in [0, 0.05) is 11.9 Å². The highest BCUT2D eigenvalue weighted by atomic mass is 32.1. The van der Waals surface area contributed by atoms with Gasteiger partial charge in [-0.15, -0.1) is 11.3 Å². The third-order valence-corrected chi connectivity index (χ3v) is 3.39. The van der Waals surface area contributed by atoms with E-state index in [9.17, 15) is 4.79 Å². The molecule has 2 aromatic rings. The predicted molar refractivity (Wildman–Crippen MR) is 75.6 cm³/mol. The second kappa shape index (κ2) is 6.33. The monoisotopic (exact) mass is 276 g/mol. The molecule has 0 spiro atoms. The fraction of sp³-hybridized carbons (Fsp3) is 0.286. The van der Waals surface area contributed by atoms with Gasteiger partial charge in [-0.3, -0.25) is 4.79 Å². The SMILES string of the molecule is CCNC(=O)c1csc(COc2ccccc2C)n1. The average molecular weight is 276 g/mol. The Kier molecular flexibility index (Phi) is 4.52. The van der Waals surface area contributed by atoms with Crippen LogP contribution < -0.4 is 10.1 Å². The van der Waals surface area contributed by atoms with E-state index in [0.29, 0.717) is 18.8 Å². The molecular formula is C14H16N2O2S. The van der Waals surface area contributed by atoms with Crippen molar-refractivity contribution in [1.82, 2.24) is 10.3 Å². The normalized spacial score (nSPS) is 10.2. The van der Waals surface area contributed by atoms with E-state index >= 15 is 0 Å².